The lowest BCUT2D eigenvalue weighted by Gasteiger charge is -2.39. The number of aliphatic hydroxyl groups is 3. The highest BCUT2D eigenvalue weighted by atomic mass is 16.5. The molecule has 15 heavy (non-hydrogen) atoms. The molecule has 0 radical (unpaired) electrons. The Morgan fingerprint density at radius 3 is 2.80 bits per heavy atom. The molecule has 0 bridgehead atoms. The van der Waals surface area contributed by atoms with Crippen LogP contribution >= 0.6 is 0 Å². The van der Waals surface area contributed by atoms with Crippen molar-refractivity contribution in [3.8, 4) is 0 Å². The molecular formula is C11H20O4. The molecule has 0 aromatic heterocycles. The predicted octanol–water partition coefficient (Wildman–Crippen LogP) is 0.0702. The zero-order chi connectivity index (χ0) is 11.4. The molecule has 1 rings (SSSR count). The lowest BCUT2D eigenvalue weighted by Crippen LogP contribution is -2.48. The van der Waals surface area contributed by atoms with Gasteiger partial charge in [0, 0.05) is 12.3 Å². The maximum Gasteiger partial charge on any atom is 0.103 e. The van der Waals surface area contributed by atoms with Gasteiger partial charge >= 0.3 is 0 Å². The summed E-state index contributed by atoms with van der Waals surface area (Å²) in [5, 5.41) is 28.1. The molecule has 4 heteroatoms. The smallest absolute Gasteiger partial charge is 0.103 e. The van der Waals surface area contributed by atoms with Crippen LogP contribution in [0.5, 0.6) is 0 Å². The van der Waals surface area contributed by atoms with Gasteiger partial charge < -0.3 is 20.1 Å². The first-order chi connectivity index (χ1) is 7.10. The van der Waals surface area contributed by atoms with E-state index in [0.717, 1.165) is 0 Å². The lowest BCUT2D eigenvalue weighted by molar-refractivity contribution is -0.168. The molecule has 0 aliphatic carbocycles. The van der Waals surface area contributed by atoms with Crippen LogP contribution in [0, 0.1) is 5.92 Å². The summed E-state index contributed by atoms with van der Waals surface area (Å²) < 4.78 is 5.62. The number of ether oxygens (including phenoxy) is 1. The van der Waals surface area contributed by atoms with Crippen molar-refractivity contribution < 1.29 is 20.1 Å². The van der Waals surface area contributed by atoms with E-state index >= 15 is 0 Å². The minimum Gasteiger partial charge on any atom is -0.394 e. The Kier molecular flexibility index (Phi) is 4.73. The molecule has 4 nitrogen and oxygen atoms in total. The second-order valence-corrected chi connectivity index (χ2v) is 4.15. The maximum absolute atomic E-state index is 9.78. The van der Waals surface area contributed by atoms with Gasteiger partial charge in [-0.1, -0.05) is 13.0 Å². The Hall–Kier alpha value is -0.420. The van der Waals surface area contributed by atoms with E-state index in [1.54, 1.807) is 6.08 Å². The summed E-state index contributed by atoms with van der Waals surface area (Å²) in [5.41, 5.74) is 0. The van der Waals surface area contributed by atoms with Gasteiger partial charge in [-0.05, 0) is 6.42 Å². The van der Waals surface area contributed by atoms with Crippen LogP contribution in [-0.4, -0.2) is 46.3 Å². The van der Waals surface area contributed by atoms with Crippen molar-refractivity contribution in [3.05, 3.63) is 12.7 Å². The summed E-state index contributed by atoms with van der Waals surface area (Å²) in [7, 11) is 0. The first-order valence-electron chi connectivity index (χ1n) is 5.33. The van der Waals surface area contributed by atoms with Crippen LogP contribution in [0.1, 0.15) is 19.8 Å². The van der Waals surface area contributed by atoms with Crippen molar-refractivity contribution in [1.29, 1.82) is 0 Å². The Balaban J connectivity index is 2.61. The predicted molar refractivity (Wildman–Crippen MR) is 56.4 cm³/mol. The minimum atomic E-state index is -0.917. The van der Waals surface area contributed by atoms with Crippen LogP contribution in [0.2, 0.25) is 0 Å². The van der Waals surface area contributed by atoms with Gasteiger partial charge in [0.2, 0.25) is 0 Å². The second kappa shape index (κ2) is 5.61. The summed E-state index contributed by atoms with van der Waals surface area (Å²) in [6.07, 6.45) is 0.739. The second-order valence-electron chi connectivity index (χ2n) is 4.15. The van der Waals surface area contributed by atoms with Crippen molar-refractivity contribution in [2.75, 3.05) is 6.61 Å². The molecule has 0 spiro atoms. The number of rotatable bonds is 4. The van der Waals surface area contributed by atoms with E-state index in [-0.39, 0.29) is 18.6 Å². The normalized spacial score (nSPS) is 38.7. The summed E-state index contributed by atoms with van der Waals surface area (Å²) in [5.74, 6) is 0.0325. The van der Waals surface area contributed by atoms with Gasteiger partial charge in [0.1, 0.15) is 6.10 Å². The van der Waals surface area contributed by atoms with E-state index in [0.29, 0.717) is 12.8 Å². The molecule has 88 valence electrons. The van der Waals surface area contributed by atoms with E-state index in [2.05, 4.69) is 6.58 Å². The Morgan fingerprint density at radius 1 is 1.60 bits per heavy atom. The third-order valence-electron chi connectivity index (χ3n) is 3.03. The van der Waals surface area contributed by atoms with Gasteiger partial charge in [-0.3, -0.25) is 0 Å². The number of hydrogen-bond acceptors (Lipinski definition) is 4. The lowest BCUT2D eigenvalue weighted by atomic mass is 9.87. The van der Waals surface area contributed by atoms with Crippen LogP contribution in [-0.2, 0) is 4.74 Å². The molecule has 3 N–H and O–H groups in total. The average molecular weight is 216 g/mol. The van der Waals surface area contributed by atoms with Crippen molar-refractivity contribution in [2.45, 2.75) is 44.2 Å². The third kappa shape index (κ3) is 3.01. The quantitative estimate of drug-likeness (QED) is 0.582. The van der Waals surface area contributed by atoms with Gasteiger partial charge in [-0.15, -0.1) is 6.58 Å². The standard InChI is InChI=1S/C11H20O4/c1-3-4-10-7(2)8(13)5-11(15-10)9(14)6-12/h3,7-14H,1,4-6H2,2H3/t7-,8+,9+,10-,11-/m1/s1. The van der Waals surface area contributed by atoms with Crippen molar-refractivity contribution in [2.24, 2.45) is 5.92 Å². The SMILES string of the molecule is C=CC[C@H]1O[C@@H]([C@@H](O)CO)C[C@H](O)[C@H]1C. The van der Waals surface area contributed by atoms with Gasteiger partial charge in [-0.25, -0.2) is 0 Å². The molecular weight excluding hydrogens is 196 g/mol. The van der Waals surface area contributed by atoms with E-state index in [1.165, 1.54) is 0 Å². The molecule has 1 heterocycles. The van der Waals surface area contributed by atoms with Crippen molar-refractivity contribution in [1.82, 2.24) is 0 Å². The third-order valence-corrected chi connectivity index (χ3v) is 3.03. The van der Waals surface area contributed by atoms with Crippen LogP contribution < -0.4 is 0 Å². The monoisotopic (exact) mass is 216 g/mol. The van der Waals surface area contributed by atoms with E-state index in [1.807, 2.05) is 6.92 Å². The van der Waals surface area contributed by atoms with Crippen molar-refractivity contribution in [3.63, 3.8) is 0 Å². The van der Waals surface area contributed by atoms with E-state index in [9.17, 15) is 10.2 Å². The molecule has 1 fully saturated rings. The molecule has 1 saturated heterocycles. The van der Waals surface area contributed by atoms with E-state index in [4.69, 9.17) is 9.84 Å². The molecule has 0 saturated carbocycles. The summed E-state index contributed by atoms with van der Waals surface area (Å²) in [6, 6.07) is 0. The van der Waals surface area contributed by atoms with Crippen LogP contribution in [0.3, 0.4) is 0 Å². The fourth-order valence-corrected chi connectivity index (χ4v) is 1.90. The van der Waals surface area contributed by atoms with Gasteiger partial charge in [0.15, 0.2) is 0 Å². The van der Waals surface area contributed by atoms with Crippen molar-refractivity contribution >= 4 is 0 Å². The fourth-order valence-electron chi connectivity index (χ4n) is 1.90. The van der Waals surface area contributed by atoms with Crippen LogP contribution in [0.4, 0.5) is 0 Å². The maximum atomic E-state index is 9.78. The number of hydrogen-bond donors (Lipinski definition) is 3. The molecule has 1 aliphatic heterocycles. The van der Waals surface area contributed by atoms with E-state index < -0.39 is 18.3 Å². The molecule has 0 unspecified atom stereocenters. The Labute approximate surface area is 90.2 Å². The average Bonchev–Trinajstić information content (AvgIpc) is 2.23. The van der Waals surface area contributed by atoms with Gasteiger partial charge in [-0.2, -0.15) is 0 Å². The molecule has 0 aromatic carbocycles. The number of aliphatic hydroxyl groups excluding tert-OH is 3. The fraction of sp³-hybridized carbons (Fsp3) is 0.818. The highest BCUT2D eigenvalue weighted by Gasteiger charge is 2.36. The molecule has 0 amide bonds. The highest BCUT2D eigenvalue weighted by molar-refractivity contribution is 4.89. The summed E-state index contributed by atoms with van der Waals surface area (Å²) >= 11 is 0. The zero-order valence-electron chi connectivity index (χ0n) is 9.04. The van der Waals surface area contributed by atoms with Gasteiger partial charge in [0.05, 0.1) is 24.9 Å². The summed E-state index contributed by atoms with van der Waals surface area (Å²) in [6.45, 7) is 5.21. The minimum absolute atomic E-state index is 0.0325. The Bertz CT molecular complexity index is 207. The van der Waals surface area contributed by atoms with Crippen LogP contribution in [0.25, 0.3) is 0 Å². The summed E-state index contributed by atoms with van der Waals surface area (Å²) in [4.78, 5) is 0. The first kappa shape index (κ1) is 12.6. The first-order valence-corrected chi connectivity index (χ1v) is 5.33. The van der Waals surface area contributed by atoms with Crippen LogP contribution in [0.15, 0.2) is 12.7 Å². The molecule has 0 aromatic rings. The van der Waals surface area contributed by atoms with Gasteiger partial charge in [0.25, 0.3) is 0 Å². The zero-order valence-corrected chi connectivity index (χ0v) is 9.04. The highest BCUT2D eigenvalue weighted by Crippen LogP contribution is 2.28. The molecule has 5 atom stereocenters. The largest absolute Gasteiger partial charge is 0.394 e. The topological polar surface area (TPSA) is 69.9 Å². The molecule has 1 aliphatic rings. The Morgan fingerprint density at radius 2 is 2.27 bits per heavy atom.